The smallest absolute Gasteiger partial charge is 0.291 e. The standard InChI is InChI=1S/C25H24N6O2/c1-16(17-6-4-3-5-7-17)21-27-22(30-29-21)23(32)28-25(12-13-25)19-10-8-18(9-11-19)20-14-26-15-31(2)24(20)33/h3-11,14-16H,12-13H2,1-2H3,(H,28,32)(H,27,29,30)/t16-/m0/s1. The van der Waals surface area contributed by atoms with E-state index in [1.54, 1.807) is 13.2 Å². The van der Waals surface area contributed by atoms with Crippen molar-refractivity contribution in [2.45, 2.75) is 31.2 Å². The lowest BCUT2D eigenvalue weighted by atomic mass is 10.0. The third-order valence-electron chi connectivity index (χ3n) is 6.26. The molecule has 8 heteroatoms. The van der Waals surface area contributed by atoms with Crippen LogP contribution in [0.5, 0.6) is 0 Å². The van der Waals surface area contributed by atoms with Gasteiger partial charge in [0.15, 0.2) is 0 Å². The summed E-state index contributed by atoms with van der Waals surface area (Å²) in [6.45, 7) is 2.02. The monoisotopic (exact) mass is 440 g/mol. The number of H-pyrrole nitrogens is 1. The van der Waals surface area contributed by atoms with Crippen LogP contribution in [0.1, 0.15) is 53.3 Å². The third kappa shape index (κ3) is 3.95. The Hall–Kier alpha value is -4.07. The highest BCUT2D eigenvalue weighted by atomic mass is 16.2. The van der Waals surface area contributed by atoms with Crippen molar-refractivity contribution in [3.8, 4) is 11.1 Å². The molecule has 33 heavy (non-hydrogen) atoms. The fourth-order valence-electron chi connectivity index (χ4n) is 4.03. The number of amides is 1. The van der Waals surface area contributed by atoms with E-state index in [2.05, 4.69) is 25.5 Å². The van der Waals surface area contributed by atoms with Gasteiger partial charge in [0, 0.05) is 19.2 Å². The van der Waals surface area contributed by atoms with E-state index in [9.17, 15) is 9.59 Å². The minimum atomic E-state index is -0.429. The highest BCUT2D eigenvalue weighted by Gasteiger charge is 2.46. The molecule has 5 rings (SSSR count). The number of aromatic amines is 1. The fourth-order valence-corrected chi connectivity index (χ4v) is 4.03. The molecular weight excluding hydrogens is 416 g/mol. The molecule has 2 aromatic carbocycles. The van der Waals surface area contributed by atoms with Crippen LogP contribution in [-0.2, 0) is 12.6 Å². The molecule has 4 aromatic rings. The summed E-state index contributed by atoms with van der Waals surface area (Å²) in [5.74, 6) is 0.483. The van der Waals surface area contributed by atoms with Crippen LogP contribution < -0.4 is 10.9 Å². The number of nitrogens with one attached hydrogen (secondary N) is 2. The van der Waals surface area contributed by atoms with E-state index in [1.165, 1.54) is 10.9 Å². The van der Waals surface area contributed by atoms with Gasteiger partial charge in [-0.3, -0.25) is 14.7 Å². The number of carbonyl (C=O) groups excluding carboxylic acids is 1. The zero-order valence-electron chi connectivity index (χ0n) is 18.4. The number of carbonyl (C=O) groups is 1. The van der Waals surface area contributed by atoms with Crippen LogP contribution in [0.2, 0.25) is 0 Å². The summed E-state index contributed by atoms with van der Waals surface area (Å²) in [4.78, 5) is 33.8. The summed E-state index contributed by atoms with van der Waals surface area (Å²) in [5, 5.41) is 10.2. The molecule has 2 aromatic heterocycles. The Morgan fingerprint density at radius 3 is 2.55 bits per heavy atom. The lowest BCUT2D eigenvalue weighted by molar-refractivity contribution is 0.0920. The van der Waals surface area contributed by atoms with E-state index < -0.39 is 5.54 Å². The Bertz CT molecular complexity index is 1350. The average Bonchev–Trinajstić information content (AvgIpc) is 3.45. The van der Waals surface area contributed by atoms with Crippen LogP contribution in [0.4, 0.5) is 0 Å². The predicted molar refractivity (Wildman–Crippen MR) is 124 cm³/mol. The van der Waals surface area contributed by atoms with Gasteiger partial charge in [-0.25, -0.2) is 9.97 Å². The van der Waals surface area contributed by atoms with Crippen molar-refractivity contribution < 1.29 is 4.79 Å². The van der Waals surface area contributed by atoms with Gasteiger partial charge >= 0.3 is 0 Å². The predicted octanol–water partition coefficient (Wildman–Crippen LogP) is 3.14. The molecule has 1 aliphatic carbocycles. The van der Waals surface area contributed by atoms with Crippen LogP contribution in [0.3, 0.4) is 0 Å². The maximum atomic E-state index is 12.9. The minimum Gasteiger partial charge on any atom is -0.340 e. The first kappa shape index (κ1) is 20.8. The van der Waals surface area contributed by atoms with Crippen LogP contribution in [0.25, 0.3) is 11.1 Å². The summed E-state index contributed by atoms with van der Waals surface area (Å²) >= 11 is 0. The number of hydrogen-bond acceptors (Lipinski definition) is 5. The maximum Gasteiger partial charge on any atom is 0.291 e. The molecule has 1 amide bonds. The second-order valence-electron chi connectivity index (χ2n) is 8.51. The molecule has 1 fully saturated rings. The number of hydrogen-bond donors (Lipinski definition) is 2. The van der Waals surface area contributed by atoms with E-state index in [0.717, 1.165) is 29.5 Å². The van der Waals surface area contributed by atoms with Crippen molar-refractivity contribution in [2.75, 3.05) is 0 Å². The lowest BCUT2D eigenvalue weighted by Crippen LogP contribution is -2.35. The van der Waals surface area contributed by atoms with E-state index >= 15 is 0 Å². The first-order chi connectivity index (χ1) is 16.0. The maximum absolute atomic E-state index is 12.9. The van der Waals surface area contributed by atoms with Crippen molar-refractivity contribution in [3.05, 3.63) is 100 Å². The number of rotatable bonds is 6. The van der Waals surface area contributed by atoms with Crippen molar-refractivity contribution in [3.63, 3.8) is 0 Å². The first-order valence-electron chi connectivity index (χ1n) is 10.9. The number of nitrogens with zero attached hydrogens (tertiary/aromatic N) is 4. The number of benzene rings is 2. The van der Waals surface area contributed by atoms with Gasteiger partial charge < -0.3 is 9.88 Å². The molecule has 2 heterocycles. The SMILES string of the molecule is C[C@@H](c1ccccc1)c1nc(C(=O)NC2(c3ccc(-c4cncn(C)c4=O)cc3)CC2)n[nH]1. The van der Waals surface area contributed by atoms with Gasteiger partial charge in [-0.15, -0.1) is 5.10 Å². The molecule has 1 saturated carbocycles. The summed E-state index contributed by atoms with van der Waals surface area (Å²) in [6, 6.07) is 17.7. The fraction of sp³-hybridized carbons (Fsp3) is 0.240. The summed E-state index contributed by atoms with van der Waals surface area (Å²) in [5.41, 5.74) is 2.90. The van der Waals surface area contributed by atoms with Crippen LogP contribution in [-0.4, -0.2) is 30.6 Å². The summed E-state index contributed by atoms with van der Waals surface area (Å²) in [6.07, 6.45) is 4.74. The van der Waals surface area contributed by atoms with E-state index in [4.69, 9.17) is 0 Å². The van der Waals surface area contributed by atoms with Crippen LogP contribution >= 0.6 is 0 Å². The first-order valence-corrected chi connectivity index (χ1v) is 10.9. The van der Waals surface area contributed by atoms with Gasteiger partial charge in [-0.1, -0.05) is 61.5 Å². The minimum absolute atomic E-state index is 0.00265. The Balaban J connectivity index is 1.32. The largest absolute Gasteiger partial charge is 0.340 e. The summed E-state index contributed by atoms with van der Waals surface area (Å²) in [7, 11) is 1.68. The Kier molecular flexibility index (Phi) is 5.12. The lowest BCUT2D eigenvalue weighted by Gasteiger charge is -2.17. The molecule has 2 N–H and O–H groups in total. The molecular formula is C25H24N6O2. The normalized spacial score (nSPS) is 15.1. The van der Waals surface area contributed by atoms with E-state index in [-0.39, 0.29) is 23.2 Å². The van der Waals surface area contributed by atoms with E-state index in [0.29, 0.717) is 11.4 Å². The second-order valence-corrected chi connectivity index (χ2v) is 8.51. The Labute approximate surface area is 190 Å². The molecule has 0 saturated heterocycles. The zero-order chi connectivity index (χ0) is 23.0. The second kappa shape index (κ2) is 8.12. The Morgan fingerprint density at radius 2 is 1.85 bits per heavy atom. The third-order valence-corrected chi connectivity index (χ3v) is 6.26. The number of aromatic nitrogens is 5. The average molecular weight is 441 g/mol. The molecule has 0 aliphatic heterocycles. The van der Waals surface area contributed by atoms with Crippen molar-refractivity contribution in [1.29, 1.82) is 0 Å². The van der Waals surface area contributed by atoms with Gasteiger partial charge in [0.1, 0.15) is 5.82 Å². The van der Waals surface area contributed by atoms with Crippen molar-refractivity contribution >= 4 is 5.91 Å². The topological polar surface area (TPSA) is 106 Å². The molecule has 0 bridgehead atoms. The molecule has 8 nitrogen and oxygen atoms in total. The molecule has 1 atom stereocenters. The summed E-state index contributed by atoms with van der Waals surface area (Å²) < 4.78 is 1.45. The van der Waals surface area contributed by atoms with Gasteiger partial charge in [0.25, 0.3) is 11.5 Å². The van der Waals surface area contributed by atoms with Crippen LogP contribution in [0, 0.1) is 0 Å². The van der Waals surface area contributed by atoms with Crippen LogP contribution in [0.15, 0.2) is 71.9 Å². The van der Waals surface area contributed by atoms with E-state index in [1.807, 2.05) is 61.5 Å². The Morgan fingerprint density at radius 1 is 1.12 bits per heavy atom. The van der Waals surface area contributed by atoms with Gasteiger partial charge in [-0.05, 0) is 29.5 Å². The van der Waals surface area contributed by atoms with Gasteiger partial charge in [0.05, 0.1) is 17.4 Å². The molecule has 0 radical (unpaired) electrons. The van der Waals surface area contributed by atoms with Gasteiger partial charge in [0.2, 0.25) is 5.82 Å². The van der Waals surface area contributed by atoms with Gasteiger partial charge in [-0.2, -0.15) is 0 Å². The molecule has 0 unspecified atom stereocenters. The molecule has 1 aliphatic rings. The highest BCUT2D eigenvalue weighted by molar-refractivity contribution is 5.91. The molecule has 166 valence electrons. The highest BCUT2D eigenvalue weighted by Crippen LogP contribution is 2.46. The van der Waals surface area contributed by atoms with Crippen molar-refractivity contribution in [2.24, 2.45) is 7.05 Å². The zero-order valence-corrected chi connectivity index (χ0v) is 18.4. The quantitative estimate of drug-likeness (QED) is 0.479. The molecule has 0 spiro atoms. The number of aryl methyl sites for hydroxylation is 1. The van der Waals surface area contributed by atoms with Crippen molar-refractivity contribution in [1.82, 2.24) is 30.0 Å².